The van der Waals surface area contributed by atoms with Crippen molar-refractivity contribution in [2.75, 3.05) is 0 Å². The van der Waals surface area contributed by atoms with E-state index in [4.69, 9.17) is 0 Å². The molecule has 1 aromatic heterocycles. The van der Waals surface area contributed by atoms with Crippen LogP contribution in [-0.4, -0.2) is 4.98 Å². The first-order chi connectivity index (χ1) is 13.1. The fourth-order valence-electron chi connectivity index (χ4n) is 3.71. The van der Waals surface area contributed by atoms with Crippen molar-refractivity contribution in [1.29, 1.82) is 0 Å². The van der Waals surface area contributed by atoms with Crippen LogP contribution >= 0.6 is 0 Å². The molecule has 1 N–H and O–H groups in total. The van der Waals surface area contributed by atoms with Crippen molar-refractivity contribution in [3.05, 3.63) is 89.0 Å². The van der Waals surface area contributed by atoms with Crippen LogP contribution in [0.15, 0.2) is 54.7 Å². The first-order valence-electron chi connectivity index (χ1n) is 9.03. The molecule has 0 amide bonds. The molecule has 0 saturated heterocycles. The number of aryl methyl sites for hydroxylation is 1. The number of nitrogens with one attached hydrogen (secondary N) is 1. The lowest BCUT2D eigenvalue weighted by Crippen LogP contribution is -2.26. The highest BCUT2D eigenvalue weighted by molar-refractivity contribution is 5.63. The minimum Gasteiger partial charge on any atom is -0.304 e. The summed E-state index contributed by atoms with van der Waals surface area (Å²) in [6, 6.07) is 12.3. The summed E-state index contributed by atoms with van der Waals surface area (Å²) in [7, 11) is 0. The summed E-state index contributed by atoms with van der Waals surface area (Å²) in [6.07, 6.45) is 4.24. The van der Waals surface area contributed by atoms with Gasteiger partial charge in [-0.2, -0.15) is 0 Å². The smallest absolute Gasteiger partial charge is 0.134 e. The van der Waals surface area contributed by atoms with E-state index in [0.717, 1.165) is 36.1 Å². The Kier molecular flexibility index (Phi) is 4.94. The predicted octanol–water partition coefficient (Wildman–Crippen LogP) is 5.33. The normalized spacial score (nSPS) is 16.2. The van der Waals surface area contributed by atoms with Gasteiger partial charge in [0.2, 0.25) is 0 Å². The van der Waals surface area contributed by atoms with Crippen molar-refractivity contribution >= 4 is 0 Å². The highest BCUT2D eigenvalue weighted by atomic mass is 19.1. The third kappa shape index (κ3) is 3.60. The molecule has 0 fully saturated rings. The quantitative estimate of drug-likeness (QED) is 0.673. The van der Waals surface area contributed by atoms with E-state index in [0.29, 0.717) is 12.1 Å². The van der Waals surface area contributed by atoms with Gasteiger partial charge in [-0.1, -0.05) is 24.3 Å². The Hall–Kier alpha value is -2.66. The highest BCUT2D eigenvalue weighted by Gasteiger charge is 2.23. The first kappa shape index (κ1) is 17.7. The third-order valence-corrected chi connectivity index (χ3v) is 5.04. The number of aromatic nitrogens is 1. The molecule has 1 atom stereocenters. The predicted molar refractivity (Wildman–Crippen MR) is 98.5 cm³/mol. The second-order valence-electron chi connectivity index (χ2n) is 6.77. The Bertz CT molecular complexity index is 934. The van der Waals surface area contributed by atoms with Gasteiger partial charge in [-0.25, -0.2) is 13.2 Å². The molecule has 0 radical (unpaired) electrons. The molecule has 4 rings (SSSR count). The first-order valence-corrected chi connectivity index (χ1v) is 9.03. The average Bonchev–Trinajstić information content (AvgIpc) is 2.67. The minimum atomic E-state index is -0.614. The topological polar surface area (TPSA) is 24.9 Å². The van der Waals surface area contributed by atoms with E-state index >= 15 is 0 Å². The van der Waals surface area contributed by atoms with E-state index in [2.05, 4.69) is 10.3 Å². The summed E-state index contributed by atoms with van der Waals surface area (Å²) in [5, 5.41) is 3.37. The van der Waals surface area contributed by atoms with Gasteiger partial charge in [0.15, 0.2) is 0 Å². The van der Waals surface area contributed by atoms with Gasteiger partial charge < -0.3 is 5.32 Å². The van der Waals surface area contributed by atoms with Crippen LogP contribution < -0.4 is 5.32 Å². The van der Waals surface area contributed by atoms with Gasteiger partial charge in [-0.05, 0) is 49.1 Å². The van der Waals surface area contributed by atoms with Crippen LogP contribution in [0.4, 0.5) is 13.2 Å². The van der Waals surface area contributed by atoms with E-state index in [1.54, 1.807) is 18.2 Å². The summed E-state index contributed by atoms with van der Waals surface area (Å²) in [5.74, 6) is -1.41. The van der Waals surface area contributed by atoms with E-state index in [1.165, 1.54) is 30.5 Å². The van der Waals surface area contributed by atoms with Crippen molar-refractivity contribution in [1.82, 2.24) is 10.3 Å². The molecule has 3 aromatic rings. The van der Waals surface area contributed by atoms with Gasteiger partial charge in [-0.15, -0.1) is 0 Å². The lowest BCUT2D eigenvalue weighted by atomic mass is 9.87. The summed E-state index contributed by atoms with van der Waals surface area (Å²) >= 11 is 0. The molecular formula is C22H19F3N2. The van der Waals surface area contributed by atoms with Gasteiger partial charge >= 0.3 is 0 Å². The minimum absolute atomic E-state index is 0.0551. The number of rotatable bonds is 4. The zero-order valence-corrected chi connectivity index (χ0v) is 14.7. The van der Waals surface area contributed by atoms with Gasteiger partial charge in [-0.3, -0.25) is 4.98 Å². The molecule has 1 aliphatic carbocycles. The maximum absolute atomic E-state index is 14.2. The van der Waals surface area contributed by atoms with Crippen molar-refractivity contribution in [3.8, 4) is 11.1 Å². The van der Waals surface area contributed by atoms with Gasteiger partial charge in [0.25, 0.3) is 0 Å². The maximum Gasteiger partial charge on any atom is 0.134 e. The van der Waals surface area contributed by atoms with E-state index in [1.807, 2.05) is 6.07 Å². The largest absolute Gasteiger partial charge is 0.304 e. The van der Waals surface area contributed by atoms with Crippen LogP contribution in [0.2, 0.25) is 0 Å². The Morgan fingerprint density at radius 1 is 0.926 bits per heavy atom. The molecule has 27 heavy (non-hydrogen) atoms. The van der Waals surface area contributed by atoms with Crippen molar-refractivity contribution in [2.45, 2.75) is 31.8 Å². The summed E-state index contributed by atoms with van der Waals surface area (Å²) in [6.45, 7) is 0.457. The molecule has 5 heteroatoms. The number of hydrogen-bond donors (Lipinski definition) is 1. The molecule has 1 unspecified atom stereocenters. The standard InChI is InChI=1S/C22H19F3N2/c23-17-7-3-8-18(24)21(17)15-10-11-16(26-12-15)13-27-20-9-2-5-14-4-1-6-19(25)22(14)20/h1,3-4,6-8,10-12,20,27H,2,5,9,13H2. The number of nitrogens with zero attached hydrogens (tertiary/aromatic N) is 1. The summed E-state index contributed by atoms with van der Waals surface area (Å²) < 4.78 is 42.0. The molecule has 138 valence electrons. The summed E-state index contributed by atoms with van der Waals surface area (Å²) in [5.41, 5.74) is 2.85. The number of benzene rings is 2. The lowest BCUT2D eigenvalue weighted by molar-refractivity contribution is 0.433. The van der Waals surface area contributed by atoms with Crippen LogP contribution in [0.1, 0.15) is 35.7 Å². The Morgan fingerprint density at radius 2 is 1.67 bits per heavy atom. The molecule has 1 heterocycles. The molecular weight excluding hydrogens is 349 g/mol. The summed E-state index contributed by atoms with van der Waals surface area (Å²) in [4.78, 5) is 4.31. The molecule has 0 bridgehead atoms. The second kappa shape index (κ2) is 7.53. The molecule has 1 aliphatic rings. The fraction of sp³-hybridized carbons (Fsp3) is 0.227. The molecule has 0 aliphatic heterocycles. The van der Waals surface area contributed by atoms with Crippen LogP contribution in [0.3, 0.4) is 0 Å². The molecule has 0 saturated carbocycles. The molecule has 2 nitrogen and oxygen atoms in total. The number of hydrogen-bond acceptors (Lipinski definition) is 2. The van der Waals surface area contributed by atoms with Gasteiger partial charge in [0.05, 0.1) is 11.3 Å². The number of pyridine rings is 1. The maximum atomic E-state index is 14.2. The van der Waals surface area contributed by atoms with E-state index in [9.17, 15) is 13.2 Å². The van der Waals surface area contributed by atoms with Crippen molar-refractivity contribution in [2.24, 2.45) is 0 Å². The second-order valence-corrected chi connectivity index (χ2v) is 6.77. The fourth-order valence-corrected chi connectivity index (χ4v) is 3.71. The van der Waals surface area contributed by atoms with Crippen LogP contribution in [-0.2, 0) is 13.0 Å². The monoisotopic (exact) mass is 368 g/mol. The van der Waals surface area contributed by atoms with Gasteiger partial charge in [0.1, 0.15) is 17.5 Å². The van der Waals surface area contributed by atoms with Crippen LogP contribution in [0.25, 0.3) is 11.1 Å². The van der Waals surface area contributed by atoms with Gasteiger partial charge in [0, 0.05) is 29.9 Å². The Labute approximate surface area is 156 Å². The van der Waals surface area contributed by atoms with Crippen molar-refractivity contribution in [3.63, 3.8) is 0 Å². The third-order valence-electron chi connectivity index (χ3n) is 5.04. The van der Waals surface area contributed by atoms with E-state index in [-0.39, 0.29) is 17.4 Å². The molecule has 2 aromatic carbocycles. The SMILES string of the molecule is Fc1cccc(F)c1-c1ccc(CNC2CCCc3cccc(F)c32)nc1. The van der Waals surface area contributed by atoms with Crippen LogP contribution in [0, 0.1) is 17.5 Å². The van der Waals surface area contributed by atoms with Crippen molar-refractivity contribution < 1.29 is 13.2 Å². The zero-order valence-electron chi connectivity index (χ0n) is 14.7. The Balaban J connectivity index is 1.49. The van der Waals surface area contributed by atoms with Crippen LogP contribution in [0.5, 0.6) is 0 Å². The van der Waals surface area contributed by atoms with E-state index < -0.39 is 11.6 Å². The lowest BCUT2D eigenvalue weighted by Gasteiger charge is -2.26. The zero-order chi connectivity index (χ0) is 18.8. The molecule has 0 spiro atoms. The Morgan fingerprint density at radius 3 is 2.41 bits per heavy atom. The number of halogens is 3. The number of fused-ring (bicyclic) bond motifs is 1. The average molecular weight is 368 g/mol. The highest BCUT2D eigenvalue weighted by Crippen LogP contribution is 2.32.